The third-order valence-corrected chi connectivity index (χ3v) is 2.32. The van der Waals surface area contributed by atoms with Crippen LogP contribution in [0.3, 0.4) is 0 Å². The molecule has 0 saturated carbocycles. The van der Waals surface area contributed by atoms with Crippen LogP contribution in [0.1, 0.15) is 24.6 Å². The fourth-order valence-electron chi connectivity index (χ4n) is 1.36. The standard InChI is InChI=1S/C11H19N3/c1-4-6-7-14-10(3)11(9-13-14)8-12-5-2/h4,9,12H,1,5-8H2,2-3H3. The molecule has 1 N–H and O–H groups in total. The van der Waals surface area contributed by atoms with E-state index in [4.69, 9.17) is 0 Å². The minimum absolute atomic E-state index is 0.913. The molecule has 1 aromatic heterocycles. The molecule has 14 heavy (non-hydrogen) atoms. The monoisotopic (exact) mass is 193 g/mol. The van der Waals surface area contributed by atoms with Crippen LogP contribution in [0, 0.1) is 6.92 Å². The third kappa shape index (κ3) is 2.70. The van der Waals surface area contributed by atoms with E-state index < -0.39 is 0 Å². The molecular formula is C11H19N3. The smallest absolute Gasteiger partial charge is 0.0537 e. The highest BCUT2D eigenvalue weighted by Gasteiger charge is 2.04. The lowest BCUT2D eigenvalue weighted by Crippen LogP contribution is -2.12. The molecule has 0 radical (unpaired) electrons. The predicted octanol–water partition coefficient (Wildman–Crippen LogP) is 1.88. The highest BCUT2D eigenvalue weighted by atomic mass is 15.3. The molecule has 0 spiro atoms. The van der Waals surface area contributed by atoms with Crippen LogP contribution in [0.5, 0.6) is 0 Å². The zero-order valence-electron chi connectivity index (χ0n) is 9.08. The SMILES string of the molecule is C=CCCn1ncc(CNCC)c1C. The minimum Gasteiger partial charge on any atom is -0.313 e. The Morgan fingerprint density at radius 2 is 2.43 bits per heavy atom. The summed E-state index contributed by atoms with van der Waals surface area (Å²) >= 11 is 0. The van der Waals surface area contributed by atoms with E-state index in [-0.39, 0.29) is 0 Å². The van der Waals surface area contributed by atoms with Crippen LogP contribution in [0.15, 0.2) is 18.9 Å². The summed E-state index contributed by atoms with van der Waals surface area (Å²) in [5.41, 5.74) is 2.55. The van der Waals surface area contributed by atoms with Crippen molar-refractivity contribution in [2.45, 2.75) is 33.4 Å². The Morgan fingerprint density at radius 3 is 3.07 bits per heavy atom. The van der Waals surface area contributed by atoms with Gasteiger partial charge >= 0.3 is 0 Å². The lowest BCUT2D eigenvalue weighted by molar-refractivity contribution is 0.604. The van der Waals surface area contributed by atoms with Gasteiger partial charge in [0.2, 0.25) is 0 Å². The van der Waals surface area contributed by atoms with Gasteiger partial charge < -0.3 is 5.32 Å². The Labute approximate surface area is 85.8 Å². The highest BCUT2D eigenvalue weighted by Crippen LogP contribution is 2.07. The molecule has 0 aromatic carbocycles. The van der Waals surface area contributed by atoms with Crippen molar-refractivity contribution in [3.05, 3.63) is 30.1 Å². The normalized spacial score (nSPS) is 10.4. The zero-order valence-corrected chi connectivity index (χ0v) is 9.08. The summed E-state index contributed by atoms with van der Waals surface area (Å²) in [7, 11) is 0. The number of allylic oxidation sites excluding steroid dienone is 1. The van der Waals surface area contributed by atoms with E-state index in [1.807, 2.05) is 17.0 Å². The first-order valence-corrected chi connectivity index (χ1v) is 5.12. The van der Waals surface area contributed by atoms with Crippen molar-refractivity contribution in [3.8, 4) is 0 Å². The highest BCUT2D eigenvalue weighted by molar-refractivity contribution is 5.15. The zero-order chi connectivity index (χ0) is 10.4. The van der Waals surface area contributed by atoms with Crippen LogP contribution in [0.25, 0.3) is 0 Å². The summed E-state index contributed by atoms with van der Waals surface area (Å²) in [5, 5.41) is 7.64. The van der Waals surface area contributed by atoms with E-state index in [1.54, 1.807) is 0 Å². The second-order valence-corrected chi connectivity index (χ2v) is 3.34. The van der Waals surface area contributed by atoms with Crippen molar-refractivity contribution in [1.29, 1.82) is 0 Å². The number of rotatable bonds is 6. The van der Waals surface area contributed by atoms with E-state index in [1.165, 1.54) is 11.3 Å². The van der Waals surface area contributed by atoms with Gasteiger partial charge in [-0.05, 0) is 19.9 Å². The van der Waals surface area contributed by atoms with E-state index in [0.29, 0.717) is 0 Å². The average molecular weight is 193 g/mol. The van der Waals surface area contributed by atoms with Crippen molar-refractivity contribution in [1.82, 2.24) is 15.1 Å². The van der Waals surface area contributed by atoms with Gasteiger partial charge in [0.05, 0.1) is 6.20 Å². The van der Waals surface area contributed by atoms with Crippen LogP contribution in [-0.2, 0) is 13.1 Å². The summed E-state index contributed by atoms with van der Waals surface area (Å²) in [6.45, 7) is 10.8. The molecule has 0 bridgehead atoms. The van der Waals surface area contributed by atoms with Gasteiger partial charge in [0.25, 0.3) is 0 Å². The number of nitrogens with one attached hydrogen (secondary N) is 1. The molecule has 0 aliphatic carbocycles. The molecule has 78 valence electrons. The van der Waals surface area contributed by atoms with Crippen LogP contribution in [0.4, 0.5) is 0 Å². The second kappa shape index (κ2) is 5.60. The van der Waals surface area contributed by atoms with Gasteiger partial charge in [-0.15, -0.1) is 6.58 Å². The lowest BCUT2D eigenvalue weighted by atomic mass is 10.2. The summed E-state index contributed by atoms with van der Waals surface area (Å²) in [4.78, 5) is 0. The molecular weight excluding hydrogens is 174 g/mol. The van der Waals surface area contributed by atoms with Crippen LogP contribution in [0.2, 0.25) is 0 Å². The van der Waals surface area contributed by atoms with Gasteiger partial charge in [0, 0.05) is 24.3 Å². The maximum Gasteiger partial charge on any atom is 0.0537 e. The Kier molecular flexibility index (Phi) is 4.40. The maximum absolute atomic E-state index is 4.34. The Morgan fingerprint density at radius 1 is 1.64 bits per heavy atom. The van der Waals surface area contributed by atoms with Gasteiger partial charge in [-0.25, -0.2) is 0 Å². The third-order valence-electron chi connectivity index (χ3n) is 2.32. The quantitative estimate of drug-likeness (QED) is 0.699. The van der Waals surface area contributed by atoms with Crippen molar-refractivity contribution in [2.24, 2.45) is 0 Å². The van der Waals surface area contributed by atoms with Gasteiger partial charge in [-0.2, -0.15) is 5.10 Å². The number of aryl methyl sites for hydroxylation is 1. The fourth-order valence-corrected chi connectivity index (χ4v) is 1.36. The van der Waals surface area contributed by atoms with Gasteiger partial charge in [0.1, 0.15) is 0 Å². The van der Waals surface area contributed by atoms with Gasteiger partial charge in [0.15, 0.2) is 0 Å². The summed E-state index contributed by atoms with van der Waals surface area (Å²) in [6.07, 6.45) is 4.84. The van der Waals surface area contributed by atoms with Crippen LogP contribution >= 0.6 is 0 Å². The van der Waals surface area contributed by atoms with Crippen molar-refractivity contribution < 1.29 is 0 Å². The lowest BCUT2D eigenvalue weighted by Gasteiger charge is -2.03. The van der Waals surface area contributed by atoms with E-state index in [2.05, 4.69) is 30.8 Å². The molecule has 3 heteroatoms. The first kappa shape index (κ1) is 11.0. The molecule has 0 amide bonds. The average Bonchev–Trinajstić information content (AvgIpc) is 2.54. The summed E-state index contributed by atoms with van der Waals surface area (Å²) in [6, 6.07) is 0. The Bertz CT molecular complexity index is 289. The number of nitrogens with zero attached hydrogens (tertiary/aromatic N) is 2. The number of hydrogen-bond acceptors (Lipinski definition) is 2. The number of hydrogen-bond donors (Lipinski definition) is 1. The van der Waals surface area contributed by atoms with Crippen LogP contribution < -0.4 is 5.32 Å². The van der Waals surface area contributed by atoms with Crippen LogP contribution in [-0.4, -0.2) is 16.3 Å². The first-order chi connectivity index (χ1) is 6.79. The molecule has 1 heterocycles. The first-order valence-electron chi connectivity index (χ1n) is 5.12. The fraction of sp³-hybridized carbons (Fsp3) is 0.545. The maximum atomic E-state index is 4.34. The molecule has 0 saturated heterocycles. The van der Waals surface area contributed by atoms with Gasteiger partial charge in [-0.1, -0.05) is 13.0 Å². The molecule has 0 aliphatic heterocycles. The van der Waals surface area contributed by atoms with E-state index in [9.17, 15) is 0 Å². The molecule has 3 nitrogen and oxygen atoms in total. The molecule has 0 atom stereocenters. The largest absolute Gasteiger partial charge is 0.313 e. The second-order valence-electron chi connectivity index (χ2n) is 3.34. The summed E-state index contributed by atoms with van der Waals surface area (Å²) in [5.74, 6) is 0. The van der Waals surface area contributed by atoms with Crippen molar-refractivity contribution in [2.75, 3.05) is 6.54 Å². The topological polar surface area (TPSA) is 29.9 Å². The minimum atomic E-state index is 0.913. The van der Waals surface area contributed by atoms with Gasteiger partial charge in [-0.3, -0.25) is 4.68 Å². The number of aromatic nitrogens is 2. The molecule has 1 aromatic rings. The Hall–Kier alpha value is -1.09. The predicted molar refractivity (Wildman–Crippen MR) is 59.2 cm³/mol. The van der Waals surface area contributed by atoms with Crippen molar-refractivity contribution in [3.63, 3.8) is 0 Å². The Balaban J connectivity index is 2.59. The molecule has 0 unspecified atom stereocenters. The van der Waals surface area contributed by atoms with Crippen molar-refractivity contribution >= 4 is 0 Å². The molecule has 1 rings (SSSR count). The molecule has 0 fully saturated rings. The summed E-state index contributed by atoms with van der Waals surface area (Å²) < 4.78 is 2.04. The molecule has 0 aliphatic rings. The van der Waals surface area contributed by atoms with E-state index in [0.717, 1.165) is 26.1 Å². The van der Waals surface area contributed by atoms with E-state index >= 15 is 0 Å².